The van der Waals surface area contributed by atoms with Crippen LogP contribution in [0.25, 0.3) is 5.69 Å². The zero-order valence-corrected chi connectivity index (χ0v) is 11.1. The summed E-state index contributed by atoms with van der Waals surface area (Å²) in [4.78, 5) is 0. The molecule has 2 rings (SSSR count). The number of hydrogen-bond acceptors (Lipinski definition) is 3. The fraction of sp³-hybridized carbons (Fsp3) is 0.357. The van der Waals surface area contributed by atoms with E-state index in [0.29, 0.717) is 5.69 Å². The molecule has 18 heavy (non-hydrogen) atoms. The van der Waals surface area contributed by atoms with Gasteiger partial charge in [0.15, 0.2) is 5.69 Å². The van der Waals surface area contributed by atoms with Crippen molar-refractivity contribution in [3.05, 3.63) is 40.7 Å². The molecule has 92 valence electrons. The predicted octanol–water partition coefficient (Wildman–Crippen LogP) is 2.88. The predicted molar refractivity (Wildman–Crippen MR) is 69.6 cm³/mol. The van der Waals surface area contributed by atoms with Crippen LogP contribution in [0.15, 0.2) is 18.2 Å². The van der Waals surface area contributed by atoms with Crippen molar-refractivity contribution in [2.75, 3.05) is 0 Å². The molecule has 0 spiro atoms. The number of nitrogens with zero attached hydrogens (tertiary/aromatic N) is 4. The van der Waals surface area contributed by atoms with Gasteiger partial charge in [-0.3, -0.25) is 0 Å². The summed E-state index contributed by atoms with van der Waals surface area (Å²) in [6, 6.07) is 8.30. The molecule has 2 aromatic rings. The molecule has 1 aromatic carbocycles. The van der Waals surface area contributed by atoms with E-state index in [-0.39, 0.29) is 5.92 Å². The second-order valence-corrected chi connectivity index (χ2v) is 4.79. The molecule has 0 atom stereocenters. The summed E-state index contributed by atoms with van der Waals surface area (Å²) < 4.78 is 1.78. The molecule has 4 heteroatoms. The topological polar surface area (TPSA) is 54.5 Å². The number of hydrogen-bond donors (Lipinski definition) is 0. The lowest BCUT2D eigenvalue weighted by Crippen LogP contribution is -2.06. The average molecular weight is 240 g/mol. The van der Waals surface area contributed by atoms with E-state index in [4.69, 9.17) is 5.26 Å². The summed E-state index contributed by atoms with van der Waals surface area (Å²) in [5.74, 6) is 0.203. The Bertz CT molecular complexity index is 617. The van der Waals surface area contributed by atoms with Crippen LogP contribution in [-0.2, 0) is 0 Å². The van der Waals surface area contributed by atoms with E-state index in [9.17, 15) is 0 Å². The van der Waals surface area contributed by atoms with E-state index in [0.717, 1.165) is 16.9 Å². The summed E-state index contributed by atoms with van der Waals surface area (Å²) in [6.07, 6.45) is 0. The van der Waals surface area contributed by atoms with Gasteiger partial charge in [-0.25, -0.2) is 4.68 Å². The highest BCUT2D eigenvalue weighted by molar-refractivity contribution is 5.45. The summed E-state index contributed by atoms with van der Waals surface area (Å²) >= 11 is 0. The van der Waals surface area contributed by atoms with Crippen LogP contribution in [0.4, 0.5) is 0 Å². The van der Waals surface area contributed by atoms with Crippen molar-refractivity contribution in [3.8, 4) is 11.8 Å². The van der Waals surface area contributed by atoms with Crippen molar-refractivity contribution in [1.82, 2.24) is 15.0 Å². The van der Waals surface area contributed by atoms with Gasteiger partial charge in [0.05, 0.1) is 11.4 Å². The van der Waals surface area contributed by atoms with Crippen molar-refractivity contribution in [2.45, 2.75) is 33.6 Å². The molecule has 1 heterocycles. The first-order chi connectivity index (χ1) is 8.54. The van der Waals surface area contributed by atoms with Crippen molar-refractivity contribution in [2.24, 2.45) is 0 Å². The lowest BCUT2D eigenvalue weighted by molar-refractivity contribution is 0.712. The Balaban J connectivity index is 2.68. The smallest absolute Gasteiger partial charge is 0.186 e. The molecule has 4 nitrogen and oxygen atoms in total. The molecule has 0 fully saturated rings. The molecule has 0 aliphatic rings. The number of nitriles is 1. The van der Waals surface area contributed by atoms with Crippen LogP contribution < -0.4 is 0 Å². The SMILES string of the molecule is Cc1ccc(C)c(-n2nnc(C#N)c2C(C)C)c1. The normalized spacial score (nSPS) is 10.7. The number of rotatable bonds is 2. The quantitative estimate of drug-likeness (QED) is 0.811. The molecule has 0 saturated heterocycles. The van der Waals surface area contributed by atoms with Crippen LogP contribution >= 0.6 is 0 Å². The Labute approximate surface area is 107 Å². The molecule has 0 amide bonds. The Morgan fingerprint density at radius 1 is 1.28 bits per heavy atom. The lowest BCUT2D eigenvalue weighted by Gasteiger charge is -2.12. The van der Waals surface area contributed by atoms with Gasteiger partial charge in [0.1, 0.15) is 6.07 Å². The fourth-order valence-electron chi connectivity index (χ4n) is 2.01. The fourth-order valence-corrected chi connectivity index (χ4v) is 2.01. The lowest BCUT2D eigenvalue weighted by atomic mass is 10.1. The minimum Gasteiger partial charge on any atom is -0.216 e. The Kier molecular flexibility index (Phi) is 3.15. The summed E-state index contributed by atoms with van der Waals surface area (Å²) in [6.45, 7) is 8.16. The van der Waals surface area contributed by atoms with Gasteiger partial charge in [0.25, 0.3) is 0 Å². The maximum atomic E-state index is 9.09. The second kappa shape index (κ2) is 4.61. The van der Waals surface area contributed by atoms with Crippen LogP contribution in [0.3, 0.4) is 0 Å². The zero-order chi connectivity index (χ0) is 13.3. The molecule has 0 aliphatic carbocycles. The van der Waals surface area contributed by atoms with Crippen LogP contribution in [0.2, 0.25) is 0 Å². The number of aromatic nitrogens is 3. The minimum atomic E-state index is 0.203. The van der Waals surface area contributed by atoms with E-state index >= 15 is 0 Å². The van der Waals surface area contributed by atoms with Gasteiger partial charge < -0.3 is 0 Å². The third-order valence-electron chi connectivity index (χ3n) is 2.95. The van der Waals surface area contributed by atoms with E-state index in [2.05, 4.69) is 34.6 Å². The Morgan fingerprint density at radius 3 is 2.61 bits per heavy atom. The first kappa shape index (κ1) is 12.3. The molecule has 0 aliphatic heterocycles. The number of aryl methyl sites for hydroxylation is 2. The maximum absolute atomic E-state index is 9.09. The first-order valence-corrected chi connectivity index (χ1v) is 5.98. The molecule has 0 bridgehead atoms. The molecule has 0 radical (unpaired) electrons. The van der Waals surface area contributed by atoms with Gasteiger partial charge >= 0.3 is 0 Å². The van der Waals surface area contributed by atoms with E-state index in [1.807, 2.05) is 27.7 Å². The highest BCUT2D eigenvalue weighted by Crippen LogP contribution is 2.23. The second-order valence-electron chi connectivity index (χ2n) is 4.79. The van der Waals surface area contributed by atoms with Crippen LogP contribution in [0, 0.1) is 25.2 Å². The molecule has 1 aromatic heterocycles. The highest BCUT2D eigenvalue weighted by atomic mass is 15.4. The van der Waals surface area contributed by atoms with Crippen molar-refractivity contribution in [3.63, 3.8) is 0 Å². The summed E-state index contributed by atoms with van der Waals surface area (Å²) in [5.41, 5.74) is 4.56. The Hall–Kier alpha value is -2.15. The average Bonchev–Trinajstić information content (AvgIpc) is 2.75. The number of benzene rings is 1. The highest BCUT2D eigenvalue weighted by Gasteiger charge is 2.18. The summed E-state index contributed by atoms with van der Waals surface area (Å²) in [5, 5.41) is 17.2. The van der Waals surface area contributed by atoms with Gasteiger partial charge in [0.2, 0.25) is 0 Å². The van der Waals surface area contributed by atoms with Crippen molar-refractivity contribution < 1.29 is 0 Å². The van der Waals surface area contributed by atoms with E-state index in [1.165, 1.54) is 5.56 Å². The van der Waals surface area contributed by atoms with Gasteiger partial charge in [-0.15, -0.1) is 5.10 Å². The van der Waals surface area contributed by atoms with E-state index < -0.39 is 0 Å². The van der Waals surface area contributed by atoms with Crippen LogP contribution in [-0.4, -0.2) is 15.0 Å². The molecule has 0 saturated carbocycles. The van der Waals surface area contributed by atoms with Gasteiger partial charge in [-0.05, 0) is 37.0 Å². The van der Waals surface area contributed by atoms with Gasteiger partial charge in [-0.1, -0.05) is 31.2 Å². The maximum Gasteiger partial charge on any atom is 0.186 e. The monoisotopic (exact) mass is 240 g/mol. The van der Waals surface area contributed by atoms with Crippen molar-refractivity contribution in [1.29, 1.82) is 5.26 Å². The van der Waals surface area contributed by atoms with Gasteiger partial charge in [0, 0.05) is 0 Å². The molecular weight excluding hydrogens is 224 g/mol. The van der Waals surface area contributed by atoms with Crippen LogP contribution in [0.5, 0.6) is 0 Å². The van der Waals surface area contributed by atoms with Crippen LogP contribution in [0.1, 0.15) is 42.3 Å². The third kappa shape index (κ3) is 2.00. The largest absolute Gasteiger partial charge is 0.216 e. The van der Waals surface area contributed by atoms with Gasteiger partial charge in [-0.2, -0.15) is 5.26 Å². The standard InChI is InChI=1S/C14H16N4/c1-9(2)14-12(8-15)16-17-18(14)13-7-10(3)5-6-11(13)4/h5-7,9H,1-4H3. The Morgan fingerprint density at radius 2 is 2.00 bits per heavy atom. The molecular formula is C14H16N4. The molecule has 0 N–H and O–H groups in total. The summed E-state index contributed by atoms with van der Waals surface area (Å²) in [7, 11) is 0. The minimum absolute atomic E-state index is 0.203. The van der Waals surface area contributed by atoms with Crippen molar-refractivity contribution >= 4 is 0 Å². The molecule has 0 unspecified atom stereocenters. The zero-order valence-electron chi connectivity index (χ0n) is 11.1. The third-order valence-corrected chi connectivity index (χ3v) is 2.95. The van der Waals surface area contributed by atoms with E-state index in [1.54, 1.807) is 4.68 Å². The first-order valence-electron chi connectivity index (χ1n) is 5.98.